The Morgan fingerprint density at radius 1 is 0.833 bits per heavy atom. The number of hydrogen-bond donors (Lipinski definition) is 0. The molecule has 0 aliphatic rings. The van der Waals surface area contributed by atoms with E-state index in [-0.39, 0.29) is 91.9 Å². The Kier molecular flexibility index (Phi) is 71.5. The summed E-state index contributed by atoms with van der Waals surface area (Å²) in [5.41, 5.74) is 0. The molecule has 6 N–H and O–H groups in total. The average molecular weight is 240 g/mol. The maximum atomic E-state index is 9.81. The van der Waals surface area contributed by atoms with Crippen molar-refractivity contribution < 1.29 is 30.8 Å². The third-order valence-corrected chi connectivity index (χ3v) is 0.287. The molecule has 0 aliphatic carbocycles. The van der Waals surface area contributed by atoms with E-state index >= 15 is 0 Å². The van der Waals surface area contributed by atoms with Gasteiger partial charge in [-0.15, -0.1) is 0 Å². The molecule has 72 valence electrons. The zero-order valence-electron chi connectivity index (χ0n) is 5.72. The number of rotatable bonds is 0. The summed E-state index contributed by atoms with van der Waals surface area (Å²) >= 11 is 0. The Hall–Kier alpha value is 1.54. The van der Waals surface area contributed by atoms with Gasteiger partial charge in [-0.2, -0.15) is 0 Å². The number of esters is 2. The van der Waals surface area contributed by atoms with Gasteiger partial charge in [0, 0.05) is 13.8 Å². The van der Waals surface area contributed by atoms with Crippen molar-refractivity contribution >= 4 is 87.4 Å². The molecule has 6 nitrogen and oxygen atoms in total. The van der Waals surface area contributed by atoms with Crippen LogP contribution in [0.3, 0.4) is 0 Å². The van der Waals surface area contributed by atoms with Gasteiger partial charge in [0.1, 0.15) is 0 Å². The van der Waals surface area contributed by atoms with Crippen LogP contribution in [0.1, 0.15) is 13.8 Å². The van der Waals surface area contributed by atoms with Crippen molar-refractivity contribution in [3.63, 3.8) is 0 Å². The van der Waals surface area contributed by atoms with Crippen molar-refractivity contribution in [2.75, 3.05) is 0 Å². The van der Waals surface area contributed by atoms with Crippen molar-refractivity contribution in [1.82, 2.24) is 0 Å². The van der Waals surface area contributed by atoms with Gasteiger partial charge in [0.15, 0.2) is 0 Å². The number of carbonyl (C=O) groups is 2. The molecular weight excluding hydrogens is 224 g/mol. The van der Waals surface area contributed by atoms with Gasteiger partial charge in [0.2, 0.25) is 0 Å². The molecule has 12 heavy (non-hydrogen) atoms. The first-order chi connectivity index (χ1) is 3.13. The molecule has 0 atom stereocenters. The van der Waals surface area contributed by atoms with E-state index < -0.39 is 11.9 Å². The predicted octanol–water partition coefficient (Wildman–Crippen LogP) is -4.21. The van der Waals surface area contributed by atoms with Crippen LogP contribution in [-0.2, 0) is 14.3 Å². The molecule has 0 heterocycles. The van der Waals surface area contributed by atoms with Crippen LogP contribution in [0, 0.1) is 0 Å². The van der Waals surface area contributed by atoms with Crippen molar-refractivity contribution in [2.45, 2.75) is 13.8 Å². The molecule has 0 aliphatic heterocycles. The summed E-state index contributed by atoms with van der Waals surface area (Å²) in [6, 6.07) is 0. The molecule has 0 amide bonds. The Balaban J connectivity index is -0.0000000180. The molecule has 8 heteroatoms. The van der Waals surface area contributed by atoms with Gasteiger partial charge in [-0.1, -0.05) is 0 Å². The fraction of sp³-hybridized carbons (Fsp3) is 0.500. The maximum absolute atomic E-state index is 9.81. The van der Waals surface area contributed by atoms with E-state index in [2.05, 4.69) is 4.74 Å². The summed E-state index contributed by atoms with van der Waals surface area (Å²) in [4.78, 5) is 19.6. The number of ether oxygens (including phenoxy) is 1. The minimum atomic E-state index is -0.562. The minimum absolute atomic E-state index is 0. The second kappa shape index (κ2) is 22.9. The van der Waals surface area contributed by atoms with Crippen molar-refractivity contribution in [2.24, 2.45) is 0 Å². The second-order valence-electron chi connectivity index (χ2n) is 1.09. The summed E-state index contributed by atoms with van der Waals surface area (Å²) in [5.74, 6) is -1.12. The molecule has 0 radical (unpaired) electrons. The Labute approximate surface area is 130 Å². The zero-order valence-corrected chi connectivity index (χ0v) is 5.72. The molecule has 0 unspecified atom stereocenters. The van der Waals surface area contributed by atoms with E-state index in [1.54, 1.807) is 0 Å². The monoisotopic (exact) mass is 240 g/mol. The molecule has 0 rings (SSSR count). The van der Waals surface area contributed by atoms with E-state index in [9.17, 15) is 9.59 Å². The van der Waals surface area contributed by atoms with Gasteiger partial charge < -0.3 is 21.2 Å². The molecule has 0 saturated carbocycles. The predicted molar refractivity (Wildman–Crippen MR) is 50.4 cm³/mol. The first-order valence-electron chi connectivity index (χ1n) is 1.82. The van der Waals surface area contributed by atoms with Crippen LogP contribution in [0.4, 0.5) is 0 Å². The SMILES string of the molecule is CC(=O)OC(C)=O.O.O.O.[CaH2].[CaH2]. The summed E-state index contributed by atoms with van der Waals surface area (Å²) in [6.07, 6.45) is 0. The van der Waals surface area contributed by atoms with Crippen molar-refractivity contribution in [3.8, 4) is 0 Å². The zero-order chi connectivity index (χ0) is 5.86. The second-order valence-corrected chi connectivity index (χ2v) is 1.09. The van der Waals surface area contributed by atoms with Gasteiger partial charge in [0.25, 0.3) is 0 Å². The summed E-state index contributed by atoms with van der Waals surface area (Å²) in [6.45, 7) is 2.36. The molecule has 0 spiro atoms. The van der Waals surface area contributed by atoms with Crippen LogP contribution in [0.2, 0.25) is 0 Å². The first kappa shape index (κ1) is 37.5. The van der Waals surface area contributed by atoms with Gasteiger partial charge in [-0.25, -0.2) is 0 Å². The topological polar surface area (TPSA) is 138 Å². The summed E-state index contributed by atoms with van der Waals surface area (Å²) in [7, 11) is 0. The van der Waals surface area contributed by atoms with Crippen LogP contribution >= 0.6 is 0 Å². The van der Waals surface area contributed by atoms with Crippen LogP contribution in [0.25, 0.3) is 0 Å². The van der Waals surface area contributed by atoms with Gasteiger partial charge in [-0.05, 0) is 0 Å². The fourth-order valence-electron chi connectivity index (χ4n) is 0.202. The van der Waals surface area contributed by atoms with Crippen LogP contribution in [0.5, 0.6) is 0 Å². The van der Waals surface area contributed by atoms with Crippen LogP contribution < -0.4 is 0 Å². The molecule has 0 saturated heterocycles. The summed E-state index contributed by atoms with van der Waals surface area (Å²) in [5, 5.41) is 0. The Morgan fingerprint density at radius 2 is 1.00 bits per heavy atom. The fourth-order valence-corrected chi connectivity index (χ4v) is 0.202. The molecular formula is C4H16Ca2O6. The van der Waals surface area contributed by atoms with Gasteiger partial charge in [0.05, 0.1) is 0 Å². The van der Waals surface area contributed by atoms with Gasteiger partial charge >= 0.3 is 87.4 Å². The summed E-state index contributed by atoms with van der Waals surface area (Å²) < 4.78 is 3.97. The number of carbonyl (C=O) groups excluding carboxylic acids is 2. The molecule has 0 aromatic rings. The molecule has 0 aromatic heterocycles. The van der Waals surface area contributed by atoms with E-state index in [1.807, 2.05) is 0 Å². The van der Waals surface area contributed by atoms with Crippen LogP contribution in [0.15, 0.2) is 0 Å². The Morgan fingerprint density at radius 3 is 1.00 bits per heavy atom. The quantitative estimate of drug-likeness (QED) is 0.241. The first-order valence-corrected chi connectivity index (χ1v) is 1.82. The van der Waals surface area contributed by atoms with E-state index in [0.29, 0.717) is 0 Å². The van der Waals surface area contributed by atoms with E-state index in [0.717, 1.165) is 0 Å². The third kappa shape index (κ3) is 41.8. The molecule has 0 fully saturated rings. The molecule has 0 aromatic carbocycles. The van der Waals surface area contributed by atoms with E-state index in [1.165, 1.54) is 13.8 Å². The van der Waals surface area contributed by atoms with Crippen molar-refractivity contribution in [3.05, 3.63) is 0 Å². The molecule has 0 bridgehead atoms. The van der Waals surface area contributed by atoms with Crippen LogP contribution in [-0.4, -0.2) is 104 Å². The average Bonchev–Trinajstić information content (AvgIpc) is 1.27. The van der Waals surface area contributed by atoms with E-state index in [4.69, 9.17) is 0 Å². The normalized spacial score (nSPS) is 4.50. The van der Waals surface area contributed by atoms with Crippen molar-refractivity contribution in [1.29, 1.82) is 0 Å². The van der Waals surface area contributed by atoms with Gasteiger partial charge in [-0.3, -0.25) is 9.59 Å². The third-order valence-electron chi connectivity index (χ3n) is 0.287. The Bertz CT molecular complexity index is 93.7. The number of hydrogen-bond acceptors (Lipinski definition) is 3. The standard InChI is InChI=1S/C4H6O3.2Ca.3H2O.4H/c1-3(5)7-4(2)6;;;;;;;;;/h1-2H3;;;3*1H2;;;;.